The maximum Gasteiger partial charge on any atom is 0.0280 e. The normalized spacial score (nSPS) is 16.9. The molecular weight excluding hydrogens is 159 g/mol. The molecule has 0 aromatic carbocycles. The first-order valence-corrected chi connectivity index (χ1v) is 2.61. The number of hydrogen-bond acceptors (Lipinski definition) is 2. The molecule has 0 atom stereocenters. The molecule has 0 bridgehead atoms. The SMILES string of the molecule is C1=CCNNCC1.Cl.Cl. The molecule has 4 heteroatoms. The van der Waals surface area contributed by atoms with Gasteiger partial charge in [-0.25, -0.2) is 0 Å². The van der Waals surface area contributed by atoms with Crippen molar-refractivity contribution < 1.29 is 0 Å². The van der Waals surface area contributed by atoms with Crippen LogP contribution in [0.4, 0.5) is 0 Å². The lowest BCUT2D eigenvalue weighted by molar-refractivity contribution is 0.586. The van der Waals surface area contributed by atoms with Crippen molar-refractivity contribution in [3.8, 4) is 0 Å². The van der Waals surface area contributed by atoms with Crippen molar-refractivity contribution >= 4 is 24.8 Å². The maximum absolute atomic E-state index is 3.03. The Balaban J connectivity index is 0. The number of hydrogen-bond donors (Lipinski definition) is 2. The van der Waals surface area contributed by atoms with Crippen LogP contribution < -0.4 is 10.9 Å². The van der Waals surface area contributed by atoms with Gasteiger partial charge in [-0.05, 0) is 6.42 Å². The molecule has 0 fully saturated rings. The van der Waals surface area contributed by atoms with Gasteiger partial charge in [-0.1, -0.05) is 12.2 Å². The second-order valence-electron chi connectivity index (χ2n) is 1.57. The molecule has 0 unspecified atom stereocenters. The van der Waals surface area contributed by atoms with E-state index in [0.29, 0.717) is 0 Å². The second-order valence-corrected chi connectivity index (χ2v) is 1.57. The Bertz CT molecular complexity index is 67.4. The van der Waals surface area contributed by atoms with Crippen LogP contribution in [0.15, 0.2) is 12.2 Å². The molecule has 2 nitrogen and oxygen atoms in total. The molecule has 2 N–H and O–H groups in total. The second kappa shape index (κ2) is 8.24. The first-order valence-electron chi connectivity index (χ1n) is 2.61. The number of halogens is 2. The molecule has 9 heavy (non-hydrogen) atoms. The van der Waals surface area contributed by atoms with E-state index in [1.54, 1.807) is 0 Å². The van der Waals surface area contributed by atoms with E-state index in [1.807, 2.05) is 0 Å². The highest BCUT2D eigenvalue weighted by Crippen LogP contribution is 1.80. The average Bonchev–Trinajstić information content (AvgIpc) is 1.90. The molecule has 0 aromatic heterocycles. The van der Waals surface area contributed by atoms with E-state index in [0.717, 1.165) is 19.5 Å². The van der Waals surface area contributed by atoms with Gasteiger partial charge >= 0.3 is 0 Å². The minimum absolute atomic E-state index is 0. The molecule has 1 heterocycles. The summed E-state index contributed by atoms with van der Waals surface area (Å²) in [6, 6.07) is 0. The standard InChI is InChI=1S/C5H10N2.2ClH/c1-2-4-6-7-5-3-1;;/h1-2,6-7H,3-5H2;2*1H. The van der Waals surface area contributed by atoms with Gasteiger partial charge in [-0.2, -0.15) is 0 Å². The molecule has 0 saturated carbocycles. The largest absolute Gasteiger partial charge is 0.257 e. The topological polar surface area (TPSA) is 24.1 Å². The van der Waals surface area contributed by atoms with Crippen molar-refractivity contribution in [1.29, 1.82) is 0 Å². The van der Waals surface area contributed by atoms with Gasteiger partial charge in [0.25, 0.3) is 0 Å². The molecule has 0 spiro atoms. The van der Waals surface area contributed by atoms with E-state index in [-0.39, 0.29) is 24.8 Å². The maximum atomic E-state index is 3.03. The van der Waals surface area contributed by atoms with E-state index >= 15 is 0 Å². The van der Waals surface area contributed by atoms with Crippen molar-refractivity contribution in [3.05, 3.63) is 12.2 Å². The predicted molar refractivity (Wildman–Crippen MR) is 44.3 cm³/mol. The van der Waals surface area contributed by atoms with Crippen molar-refractivity contribution in [1.82, 2.24) is 10.9 Å². The summed E-state index contributed by atoms with van der Waals surface area (Å²) in [6.45, 7) is 2.01. The fourth-order valence-corrected chi connectivity index (χ4v) is 0.576. The van der Waals surface area contributed by atoms with E-state index in [4.69, 9.17) is 0 Å². The minimum atomic E-state index is 0. The first-order chi connectivity index (χ1) is 3.50. The Hall–Kier alpha value is 0.240. The van der Waals surface area contributed by atoms with Crippen LogP contribution in [0.5, 0.6) is 0 Å². The summed E-state index contributed by atoms with van der Waals surface area (Å²) in [4.78, 5) is 0. The zero-order valence-electron chi connectivity index (χ0n) is 5.09. The van der Waals surface area contributed by atoms with Crippen LogP contribution in [0.1, 0.15) is 6.42 Å². The summed E-state index contributed by atoms with van der Waals surface area (Å²) in [5, 5.41) is 0. The highest BCUT2D eigenvalue weighted by atomic mass is 35.5. The Kier molecular flexibility index (Phi) is 11.0. The van der Waals surface area contributed by atoms with Gasteiger partial charge in [0.15, 0.2) is 0 Å². The van der Waals surface area contributed by atoms with E-state index in [9.17, 15) is 0 Å². The van der Waals surface area contributed by atoms with Gasteiger partial charge in [-0.15, -0.1) is 24.8 Å². The van der Waals surface area contributed by atoms with Crippen LogP contribution in [0, 0.1) is 0 Å². The highest BCUT2D eigenvalue weighted by molar-refractivity contribution is 5.85. The number of rotatable bonds is 0. The molecule has 0 radical (unpaired) electrons. The summed E-state index contributed by atoms with van der Waals surface area (Å²) >= 11 is 0. The van der Waals surface area contributed by atoms with Gasteiger partial charge in [0.1, 0.15) is 0 Å². The zero-order chi connectivity index (χ0) is 4.95. The van der Waals surface area contributed by atoms with E-state index < -0.39 is 0 Å². The highest BCUT2D eigenvalue weighted by Gasteiger charge is 1.84. The van der Waals surface area contributed by atoms with Gasteiger partial charge < -0.3 is 0 Å². The van der Waals surface area contributed by atoms with Crippen LogP contribution in [-0.2, 0) is 0 Å². The van der Waals surface area contributed by atoms with Crippen molar-refractivity contribution in [3.63, 3.8) is 0 Å². The molecule has 0 amide bonds. The Labute approximate surface area is 67.9 Å². The van der Waals surface area contributed by atoms with Crippen molar-refractivity contribution in [2.24, 2.45) is 0 Å². The summed E-state index contributed by atoms with van der Waals surface area (Å²) in [5.74, 6) is 0. The Morgan fingerprint density at radius 3 is 2.56 bits per heavy atom. The molecule has 1 aliphatic rings. The fraction of sp³-hybridized carbons (Fsp3) is 0.600. The molecule has 1 aliphatic heterocycles. The minimum Gasteiger partial charge on any atom is -0.257 e. The van der Waals surface area contributed by atoms with E-state index in [1.165, 1.54) is 0 Å². The lowest BCUT2D eigenvalue weighted by Crippen LogP contribution is -2.30. The predicted octanol–water partition coefficient (Wildman–Crippen LogP) is 0.884. The van der Waals surface area contributed by atoms with Gasteiger partial charge in [0.05, 0.1) is 0 Å². The van der Waals surface area contributed by atoms with E-state index in [2.05, 4.69) is 23.0 Å². The van der Waals surface area contributed by atoms with Crippen LogP contribution in [0.25, 0.3) is 0 Å². The number of nitrogens with one attached hydrogen (secondary N) is 2. The Morgan fingerprint density at radius 2 is 1.78 bits per heavy atom. The molecule has 0 saturated heterocycles. The zero-order valence-corrected chi connectivity index (χ0v) is 6.73. The Morgan fingerprint density at radius 1 is 1.00 bits per heavy atom. The molecule has 0 aliphatic carbocycles. The smallest absolute Gasteiger partial charge is 0.0280 e. The van der Waals surface area contributed by atoms with Gasteiger partial charge in [0, 0.05) is 13.1 Å². The molecule has 1 rings (SSSR count). The lowest BCUT2D eigenvalue weighted by atomic mass is 10.4. The average molecular weight is 171 g/mol. The van der Waals surface area contributed by atoms with Crippen LogP contribution in [-0.4, -0.2) is 13.1 Å². The number of hydrazine groups is 1. The summed E-state index contributed by atoms with van der Waals surface area (Å²) in [7, 11) is 0. The van der Waals surface area contributed by atoms with Crippen molar-refractivity contribution in [2.45, 2.75) is 6.42 Å². The third-order valence-corrected chi connectivity index (χ3v) is 0.948. The van der Waals surface area contributed by atoms with Gasteiger partial charge in [0.2, 0.25) is 0 Å². The fourth-order valence-electron chi connectivity index (χ4n) is 0.576. The first kappa shape index (κ1) is 12.0. The summed E-state index contributed by atoms with van der Waals surface area (Å²) in [6.07, 6.45) is 5.44. The van der Waals surface area contributed by atoms with Crippen LogP contribution in [0.2, 0.25) is 0 Å². The third-order valence-electron chi connectivity index (χ3n) is 0.948. The summed E-state index contributed by atoms with van der Waals surface area (Å²) < 4.78 is 0. The summed E-state index contributed by atoms with van der Waals surface area (Å²) in [5.41, 5.74) is 6.05. The molecule has 0 aromatic rings. The third kappa shape index (κ3) is 6.12. The lowest BCUT2D eigenvalue weighted by Gasteiger charge is -1.95. The molecule has 56 valence electrons. The quantitative estimate of drug-likeness (QED) is 0.529. The van der Waals surface area contributed by atoms with Crippen LogP contribution in [0.3, 0.4) is 0 Å². The van der Waals surface area contributed by atoms with Crippen LogP contribution >= 0.6 is 24.8 Å². The van der Waals surface area contributed by atoms with Crippen molar-refractivity contribution in [2.75, 3.05) is 13.1 Å². The molecular formula is C5H12Cl2N2. The monoisotopic (exact) mass is 170 g/mol. The van der Waals surface area contributed by atoms with Gasteiger partial charge in [-0.3, -0.25) is 10.9 Å².